The molecule has 1 aromatic heterocycles. The summed E-state index contributed by atoms with van der Waals surface area (Å²) in [6.45, 7) is 22.7. The molecule has 57 heavy (non-hydrogen) atoms. The van der Waals surface area contributed by atoms with E-state index < -0.39 is 8.32 Å². The van der Waals surface area contributed by atoms with Crippen LogP contribution in [-0.2, 0) is 34.8 Å². The standard InChI is InChI=1S/C45H66INO9Si/c1-28-19-33(17-18-48)53-34(20-28)22-35-23-36(56-57(10,11)45(5,6)7)24-40(54-35)37-27-51-42(47-37)14-12-13-38-30(3)44(31(4)43(55-38)29(2)25-46)52-26-32-15-16-39(49-8)41(21-32)50-9/h12,14-16,18,21,25,27,30-31,33-36,38,40,43-44H,1,13,17,19-20,22-24,26H2,2-11H3/b14-12+,29-25+/t30-,31-,33-,34+,35+,36+,38+,40+,43-,44-/m0/s1. The Morgan fingerprint density at radius 3 is 2.42 bits per heavy atom. The second kappa shape index (κ2) is 20.3. The Morgan fingerprint density at radius 2 is 1.74 bits per heavy atom. The van der Waals surface area contributed by atoms with Gasteiger partial charge in [0.2, 0.25) is 5.89 Å². The number of aromatic nitrogens is 1. The van der Waals surface area contributed by atoms with Gasteiger partial charge in [-0.15, -0.1) is 0 Å². The van der Waals surface area contributed by atoms with Crippen molar-refractivity contribution in [1.29, 1.82) is 0 Å². The van der Waals surface area contributed by atoms with E-state index in [2.05, 4.69) is 94.0 Å². The predicted octanol–water partition coefficient (Wildman–Crippen LogP) is 10.8. The number of halogens is 1. The lowest BCUT2D eigenvalue weighted by molar-refractivity contribution is -0.171. The molecule has 12 heteroatoms. The van der Waals surface area contributed by atoms with Gasteiger partial charge in [-0.1, -0.05) is 81.5 Å². The number of ether oxygens (including phenoxy) is 6. The van der Waals surface area contributed by atoms with Crippen LogP contribution in [0.15, 0.2) is 56.8 Å². The van der Waals surface area contributed by atoms with Crippen LogP contribution in [0.5, 0.6) is 11.5 Å². The first-order valence-corrected chi connectivity index (χ1v) is 24.7. The zero-order valence-electron chi connectivity index (χ0n) is 35.8. The molecule has 1 aromatic carbocycles. The Morgan fingerprint density at radius 1 is 1.00 bits per heavy atom. The van der Waals surface area contributed by atoms with Crippen molar-refractivity contribution >= 4 is 43.3 Å². The summed E-state index contributed by atoms with van der Waals surface area (Å²) < 4.78 is 52.7. The Hall–Kier alpha value is -2.33. The quantitative estimate of drug-likeness (QED) is 0.0699. The average Bonchev–Trinajstić information content (AvgIpc) is 3.63. The minimum absolute atomic E-state index is 0.0186. The number of carbonyl (C=O) groups excluding carboxylic acids is 1. The van der Waals surface area contributed by atoms with Gasteiger partial charge in [0.25, 0.3) is 0 Å². The zero-order chi connectivity index (χ0) is 41.5. The molecule has 10 nitrogen and oxygen atoms in total. The van der Waals surface area contributed by atoms with E-state index in [1.54, 1.807) is 20.5 Å². The minimum Gasteiger partial charge on any atom is -0.493 e. The zero-order valence-corrected chi connectivity index (χ0v) is 38.9. The number of aldehydes is 1. The van der Waals surface area contributed by atoms with Crippen LogP contribution in [0.4, 0.5) is 0 Å². The second-order valence-corrected chi connectivity index (χ2v) is 23.2. The van der Waals surface area contributed by atoms with Gasteiger partial charge in [-0.25, -0.2) is 4.98 Å². The molecule has 3 aliphatic rings. The molecule has 4 heterocycles. The van der Waals surface area contributed by atoms with Gasteiger partial charge < -0.3 is 42.1 Å². The van der Waals surface area contributed by atoms with Gasteiger partial charge in [0, 0.05) is 31.1 Å². The molecule has 316 valence electrons. The third kappa shape index (κ3) is 11.9. The Labute approximate surface area is 355 Å². The Balaban J connectivity index is 1.27. The summed E-state index contributed by atoms with van der Waals surface area (Å²) in [6, 6.07) is 5.90. The number of methoxy groups -OCH3 is 2. The fraction of sp³-hybridized carbons (Fsp3) is 0.644. The number of hydrogen-bond acceptors (Lipinski definition) is 10. The van der Waals surface area contributed by atoms with Crippen molar-refractivity contribution in [2.75, 3.05) is 14.2 Å². The molecule has 0 N–H and O–H groups in total. The monoisotopic (exact) mass is 919 g/mol. The maximum absolute atomic E-state index is 11.3. The number of nitrogens with zero attached hydrogens (tertiary/aromatic N) is 1. The van der Waals surface area contributed by atoms with Crippen LogP contribution < -0.4 is 9.47 Å². The lowest BCUT2D eigenvalue weighted by atomic mass is 9.80. The summed E-state index contributed by atoms with van der Waals surface area (Å²) in [5.41, 5.74) is 4.09. The lowest BCUT2D eigenvalue weighted by Crippen LogP contribution is -2.50. The number of carbonyl (C=O) groups is 1. The van der Waals surface area contributed by atoms with Crippen LogP contribution in [0.1, 0.15) is 110 Å². The fourth-order valence-corrected chi connectivity index (χ4v) is 9.96. The van der Waals surface area contributed by atoms with Crippen LogP contribution >= 0.6 is 22.6 Å². The third-order valence-corrected chi connectivity index (χ3v) is 17.9. The average molecular weight is 920 g/mol. The summed E-state index contributed by atoms with van der Waals surface area (Å²) in [5.74, 6) is 2.20. The van der Waals surface area contributed by atoms with E-state index in [9.17, 15) is 4.79 Å². The number of benzene rings is 1. The summed E-state index contributed by atoms with van der Waals surface area (Å²) >= 11 is 2.30. The van der Waals surface area contributed by atoms with E-state index >= 15 is 0 Å². The van der Waals surface area contributed by atoms with E-state index in [1.165, 1.54) is 5.57 Å². The van der Waals surface area contributed by atoms with Crippen molar-refractivity contribution in [3.05, 3.63) is 69.5 Å². The maximum atomic E-state index is 11.3. The molecule has 2 aromatic rings. The molecule has 3 fully saturated rings. The van der Waals surface area contributed by atoms with Crippen molar-refractivity contribution < 1.29 is 42.1 Å². The van der Waals surface area contributed by atoms with Crippen LogP contribution in [0.2, 0.25) is 18.1 Å². The maximum Gasteiger partial charge on any atom is 0.218 e. The van der Waals surface area contributed by atoms with Gasteiger partial charge in [0.15, 0.2) is 19.8 Å². The highest BCUT2D eigenvalue weighted by Gasteiger charge is 2.44. The highest BCUT2D eigenvalue weighted by Crippen LogP contribution is 2.43. The highest BCUT2D eigenvalue weighted by molar-refractivity contribution is 14.1. The number of oxazole rings is 1. The van der Waals surface area contributed by atoms with Crippen molar-refractivity contribution in [3.8, 4) is 11.5 Å². The molecule has 5 rings (SSSR count). The molecule has 0 aliphatic carbocycles. The molecule has 0 amide bonds. The van der Waals surface area contributed by atoms with Gasteiger partial charge in [0.1, 0.15) is 24.3 Å². The van der Waals surface area contributed by atoms with Crippen molar-refractivity contribution in [3.63, 3.8) is 0 Å². The van der Waals surface area contributed by atoms with Crippen molar-refractivity contribution in [1.82, 2.24) is 4.98 Å². The van der Waals surface area contributed by atoms with Gasteiger partial charge in [-0.2, -0.15) is 0 Å². The topological polar surface area (TPSA) is 108 Å². The normalized spacial score (nSPS) is 30.4. The van der Waals surface area contributed by atoms with Gasteiger partial charge in [-0.05, 0) is 84.2 Å². The van der Waals surface area contributed by atoms with Crippen LogP contribution in [0, 0.1) is 11.8 Å². The van der Waals surface area contributed by atoms with E-state index in [4.69, 9.17) is 42.2 Å². The minimum atomic E-state index is -2.06. The lowest BCUT2D eigenvalue weighted by Gasteiger charge is -2.45. The summed E-state index contributed by atoms with van der Waals surface area (Å²) in [6.07, 6.45) is 10.7. The van der Waals surface area contributed by atoms with Gasteiger partial charge in [-0.3, -0.25) is 0 Å². The van der Waals surface area contributed by atoms with E-state index in [1.807, 2.05) is 24.3 Å². The van der Waals surface area contributed by atoms with E-state index in [-0.39, 0.29) is 65.7 Å². The van der Waals surface area contributed by atoms with E-state index in [0.717, 1.165) is 42.4 Å². The van der Waals surface area contributed by atoms with Gasteiger partial charge >= 0.3 is 0 Å². The molecule has 10 atom stereocenters. The van der Waals surface area contributed by atoms with Crippen LogP contribution in [-0.4, -0.2) is 76.5 Å². The molecular formula is C45H66INO9Si. The van der Waals surface area contributed by atoms with Crippen LogP contribution in [0.25, 0.3) is 6.08 Å². The summed E-state index contributed by atoms with van der Waals surface area (Å²) in [5, 5.41) is 0.0774. The number of rotatable bonds is 16. The van der Waals surface area contributed by atoms with Crippen LogP contribution in [0.3, 0.4) is 0 Å². The molecule has 0 radical (unpaired) electrons. The fourth-order valence-electron chi connectivity index (χ4n) is 8.23. The highest BCUT2D eigenvalue weighted by atomic mass is 127. The van der Waals surface area contributed by atoms with Gasteiger partial charge in [0.05, 0.1) is 63.6 Å². The molecular weight excluding hydrogens is 853 g/mol. The Kier molecular flexibility index (Phi) is 16.3. The first-order chi connectivity index (χ1) is 27.0. The van der Waals surface area contributed by atoms with Crippen molar-refractivity contribution in [2.45, 2.75) is 160 Å². The van der Waals surface area contributed by atoms with E-state index in [0.29, 0.717) is 49.7 Å². The number of hydrogen-bond donors (Lipinski definition) is 0. The molecule has 0 bridgehead atoms. The molecule has 0 spiro atoms. The molecule has 0 unspecified atom stereocenters. The predicted molar refractivity (Wildman–Crippen MR) is 234 cm³/mol. The Bertz CT molecular complexity index is 1700. The first kappa shape index (κ1) is 45.7. The summed E-state index contributed by atoms with van der Waals surface area (Å²) in [7, 11) is 1.23. The second-order valence-electron chi connectivity index (χ2n) is 17.8. The summed E-state index contributed by atoms with van der Waals surface area (Å²) in [4.78, 5) is 16.2. The SMILES string of the molecule is C=C1C[C@H](C[C@@H]2C[C@@H](O[Si](C)(C)C(C)(C)C)C[C@H](c3coc(/C=C/C[C@H]4O[C@@H](/C(C)=C/I)[C@H](C)[C@@H](OCc5ccc(OC)c(OC)c5)[C@H]4C)n3)O2)O[C@@H](CC=O)C1. The smallest absolute Gasteiger partial charge is 0.218 e. The largest absolute Gasteiger partial charge is 0.493 e. The third-order valence-electron chi connectivity index (χ3n) is 12.4. The molecule has 3 aliphatic heterocycles. The van der Waals surface area contributed by atoms with Crippen molar-refractivity contribution in [2.24, 2.45) is 11.8 Å². The molecule has 0 saturated carbocycles. The first-order valence-electron chi connectivity index (χ1n) is 20.5. The molecule has 3 saturated heterocycles.